The molecule has 0 radical (unpaired) electrons. The molecule has 0 aliphatic carbocycles. The van der Waals surface area contributed by atoms with Crippen molar-refractivity contribution in [1.29, 1.82) is 0 Å². The molecule has 0 aliphatic rings. The van der Waals surface area contributed by atoms with Crippen LogP contribution in [0.25, 0.3) is 0 Å². The van der Waals surface area contributed by atoms with Crippen molar-refractivity contribution in [3.05, 3.63) is 23.5 Å². The third-order valence-corrected chi connectivity index (χ3v) is 1.79. The number of phenols is 1. The Morgan fingerprint density at radius 1 is 1.54 bits per heavy atom. The van der Waals surface area contributed by atoms with Gasteiger partial charge in [0.1, 0.15) is 5.82 Å². The quantitative estimate of drug-likeness (QED) is 0.735. The lowest BCUT2D eigenvalue weighted by Crippen LogP contribution is -2.07. The molecule has 0 saturated heterocycles. The molecular formula is C9H12FNO2. The zero-order valence-electron chi connectivity index (χ0n) is 7.54. The molecule has 1 aromatic carbocycles. The standard InChI is InChI=1S/C9H12FNO2/c1-5(11)6-3-9(13-2)8(12)4-7(6)10/h3-5,12H,11H2,1-2H3/t5-/m1/s1. The molecule has 3 nitrogen and oxygen atoms in total. The third kappa shape index (κ3) is 1.89. The van der Waals surface area contributed by atoms with Gasteiger partial charge in [-0.3, -0.25) is 0 Å². The van der Waals surface area contributed by atoms with E-state index in [1.165, 1.54) is 13.2 Å². The number of halogens is 1. The van der Waals surface area contributed by atoms with Crippen LogP contribution in [0.5, 0.6) is 11.5 Å². The Balaban J connectivity index is 3.22. The predicted molar refractivity (Wildman–Crippen MR) is 47.2 cm³/mol. The minimum atomic E-state index is -0.520. The van der Waals surface area contributed by atoms with Crippen molar-refractivity contribution in [1.82, 2.24) is 0 Å². The van der Waals surface area contributed by atoms with Gasteiger partial charge in [0.25, 0.3) is 0 Å². The molecule has 13 heavy (non-hydrogen) atoms. The number of methoxy groups -OCH3 is 1. The first-order valence-corrected chi connectivity index (χ1v) is 3.88. The normalized spacial score (nSPS) is 12.6. The molecule has 0 unspecified atom stereocenters. The summed E-state index contributed by atoms with van der Waals surface area (Å²) in [6, 6.07) is 1.97. The molecule has 0 aliphatic heterocycles. The van der Waals surface area contributed by atoms with Gasteiger partial charge in [-0.15, -0.1) is 0 Å². The first-order chi connectivity index (χ1) is 6.06. The topological polar surface area (TPSA) is 55.5 Å². The second-order valence-electron chi connectivity index (χ2n) is 2.83. The Kier molecular flexibility index (Phi) is 2.72. The Bertz CT molecular complexity index is 313. The fraction of sp³-hybridized carbons (Fsp3) is 0.333. The lowest BCUT2D eigenvalue weighted by Gasteiger charge is -2.10. The summed E-state index contributed by atoms with van der Waals surface area (Å²) in [6.45, 7) is 1.66. The maximum absolute atomic E-state index is 13.1. The van der Waals surface area contributed by atoms with E-state index in [4.69, 9.17) is 10.5 Å². The molecule has 1 aromatic rings. The number of phenolic OH excluding ortho intramolecular Hbond substituents is 1. The van der Waals surface area contributed by atoms with Gasteiger partial charge in [-0.05, 0) is 13.0 Å². The first kappa shape index (κ1) is 9.80. The molecule has 0 aromatic heterocycles. The van der Waals surface area contributed by atoms with Crippen LogP contribution in [0.4, 0.5) is 4.39 Å². The SMILES string of the molecule is COc1cc([C@@H](C)N)c(F)cc1O. The maximum atomic E-state index is 13.1. The molecule has 0 bridgehead atoms. The summed E-state index contributed by atoms with van der Waals surface area (Å²) >= 11 is 0. The predicted octanol–water partition coefficient (Wildman–Crippen LogP) is 1.56. The van der Waals surface area contributed by atoms with Crippen LogP contribution in [0.3, 0.4) is 0 Å². The Morgan fingerprint density at radius 3 is 2.62 bits per heavy atom. The summed E-state index contributed by atoms with van der Waals surface area (Å²) in [5.74, 6) is -0.508. The molecule has 3 N–H and O–H groups in total. The number of rotatable bonds is 2. The average molecular weight is 185 g/mol. The highest BCUT2D eigenvalue weighted by Crippen LogP contribution is 2.30. The average Bonchev–Trinajstić information content (AvgIpc) is 2.03. The summed E-state index contributed by atoms with van der Waals surface area (Å²) in [7, 11) is 1.40. The minimum absolute atomic E-state index is 0.218. The summed E-state index contributed by atoms with van der Waals surface area (Å²) in [5.41, 5.74) is 5.84. The van der Waals surface area contributed by atoms with Crippen molar-refractivity contribution in [2.75, 3.05) is 7.11 Å². The van der Waals surface area contributed by atoms with E-state index in [0.29, 0.717) is 5.56 Å². The Labute approximate surface area is 75.9 Å². The minimum Gasteiger partial charge on any atom is -0.504 e. The zero-order valence-corrected chi connectivity index (χ0v) is 7.54. The van der Waals surface area contributed by atoms with E-state index in [-0.39, 0.29) is 11.5 Å². The van der Waals surface area contributed by atoms with Crippen molar-refractivity contribution in [2.45, 2.75) is 13.0 Å². The van der Waals surface area contributed by atoms with Crippen LogP contribution in [0.1, 0.15) is 18.5 Å². The number of ether oxygens (including phenoxy) is 1. The Hall–Kier alpha value is -1.29. The van der Waals surface area contributed by atoms with Crippen LogP contribution in [0.2, 0.25) is 0 Å². The summed E-state index contributed by atoms with van der Waals surface area (Å²) in [6.07, 6.45) is 0. The summed E-state index contributed by atoms with van der Waals surface area (Å²) < 4.78 is 17.9. The highest BCUT2D eigenvalue weighted by molar-refractivity contribution is 5.43. The van der Waals surface area contributed by atoms with Crippen LogP contribution in [-0.4, -0.2) is 12.2 Å². The number of benzene rings is 1. The molecular weight excluding hydrogens is 173 g/mol. The number of nitrogens with two attached hydrogens (primary N) is 1. The molecule has 0 heterocycles. The maximum Gasteiger partial charge on any atom is 0.161 e. The second-order valence-corrected chi connectivity index (χ2v) is 2.83. The van der Waals surface area contributed by atoms with Crippen LogP contribution in [-0.2, 0) is 0 Å². The lowest BCUT2D eigenvalue weighted by molar-refractivity contribution is 0.369. The van der Waals surface area contributed by atoms with Gasteiger partial charge in [0.05, 0.1) is 7.11 Å². The summed E-state index contributed by atoms with van der Waals surface area (Å²) in [4.78, 5) is 0. The highest BCUT2D eigenvalue weighted by Gasteiger charge is 2.12. The smallest absolute Gasteiger partial charge is 0.161 e. The van der Waals surface area contributed by atoms with E-state index < -0.39 is 11.9 Å². The van der Waals surface area contributed by atoms with Crippen molar-refractivity contribution >= 4 is 0 Å². The summed E-state index contributed by atoms with van der Waals surface area (Å²) in [5, 5.41) is 9.19. The van der Waals surface area contributed by atoms with E-state index in [1.807, 2.05) is 0 Å². The van der Waals surface area contributed by atoms with Gasteiger partial charge >= 0.3 is 0 Å². The third-order valence-electron chi connectivity index (χ3n) is 1.79. The van der Waals surface area contributed by atoms with E-state index >= 15 is 0 Å². The molecule has 4 heteroatoms. The van der Waals surface area contributed by atoms with E-state index in [2.05, 4.69) is 0 Å². The van der Waals surface area contributed by atoms with Gasteiger partial charge in [-0.1, -0.05) is 0 Å². The first-order valence-electron chi connectivity index (χ1n) is 3.88. The van der Waals surface area contributed by atoms with Gasteiger partial charge in [0.15, 0.2) is 11.5 Å². The number of aromatic hydroxyl groups is 1. The van der Waals surface area contributed by atoms with Crippen molar-refractivity contribution in [2.24, 2.45) is 5.73 Å². The van der Waals surface area contributed by atoms with Gasteiger partial charge in [0.2, 0.25) is 0 Å². The monoisotopic (exact) mass is 185 g/mol. The van der Waals surface area contributed by atoms with Gasteiger partial charge in [-0.25, -0.2) is 4.39 Å². The van der Waals surface area contributed by atoms with Crippen LogP contribution < -0.4 is 10.5 Å². The zero-order chi connectivity index (χ0) is 10.0. The fourth-order valence-electron chi connectivity index (χ4n) is 1.07. The van der Waals surface area contributed by atoms with Crippen molar-refractivity contribution in [3.8, 4) is 11.5 Å². The molecule has 1 rings (SSSR count). The Morgan fingerprint density at radius 2 is 2.15 bits per heavy atom. The lowest BCUT2D eigenvalue weighted by atomic mass is 10.1. The highest BCUT2D eigenvalue weighted by atomic mass is 19.1. The van der Waals surface area contributed by atoms with Crippen molar-refractivity contribution in [3.63, 3.8) is 0 Å². The number of hydrogen-bond donors (Lipinski definition) is 2. The number of hydrogen-bond acceptors (Lipinski definition) is 3. The van der Waals surface area contributed by atoms with E-state index in [0.717, 1.165) is 6.07 Å². The van der Waals surface area contributed by atoms with Gasteiger partial charge in [0, 0.05) is 17.7 Å². The molecule has 1 atom stereocenters. The fourth-order valence-corrected chi connectivity index (χ4v) is 1.07. The molecule has 0 spiro atoms. The second kappa shape index (κ2) is 3.62. The van der Waals surface area contributed by atoms with Gasteiger partial charge < -0.3 is 15.6 Å². The van der Waals surface area contributed by atoms with Crippen LogP contribution in [0.15, 0.2) is 12.1 Å². The molecule has 0 amide bonds. The molecule has 72 valence electrons. The van der Waals surface area contributed by atoms with E-state index in [1.54, 1.807) is 6.92 Å². The van der Waals surface area contributed by atoms with Crippen LogP contribution >= 0.6 is 0 Å². The van der Waals surface area contributed by atoms with Crippen LogP contribution in [0, 0.1) is 5.82 Å². The van der Waals surface area contributed by atoms with Crippen molar-refractivity contribution < 1.29 is 14.2 Å². The van der Waals surface area contributed by atoms with Gasteiger partial charge in [-0.2, -0.15) is 0 Å². The molecule has 0 fully saturated rings. The largest absolute Gasteiger partial charge is 0.504 e. The molecule has 0 saturated carbocycles. The van der Waals surface area contributed by atoms with E-state index in [9.17, 15) is 9.50 Å².